The van der Waals surface area contributed by atoms with Crippen LogP contribution in [0.5, 0.6) is 0 Å². The molecule has 1 aliphatic heterocycles. The predicted octanol–water partition coefficient (Wildman–Crippen LogP) is 5.58. The Kier molecular flexibility index (Phi) is 5.15. The van der Waals surface area contributed by atoms with Gasteiger partial charge in [-0.05, 0) is 35.7 Å². The third kappa shape index (κ3) is 3.55. The molecule has 4 aromatic rings. The number of amides is 1. The minimum atomic E-state index is 0.0604. The number of halogens is 1. The van der Waals surface area contributed by atoms with Crippen LogP contribution in [0.2, 0.25) is 5.02 Å². The number of carbonyl (C=O) groups excluding carboxylic acids is 1. The van der Waals surface area contributed by atoms with E-state index in [0.29, 0.717) is 13.1 Å². The van der Waals surface area contributed by atoms with Gasteiger partial charge in [0.15, 0.2) is 0 Å². The Balaban J connectivity index is 1.43. The van der Waals surface area contributed by atoms with E-state index < -0.39 is 0 Å². The number of benzene rings is 2. The van der Waals surface area contributed by atoms with E-state index in [1.165, 1.54) is 0 Å². The molecule has 1 amide bonds. The van der Waals surface area contributed by atoms with Crippen molar-refractivity contribution in [2.24, 2.45) is 0 Å². The number of piperazine rings is 1. The summed E-state index contributed by atoms with van der Waals surface area (Å²) in [5.41, 5.74) is 3.44. The lowest BCUT2D eigenvalue weighted by Gasteiger charge is -2.36. The van der Waals surface area contributed by atoms with Crippen LogP contribution in [0.3, 0.4) is 0 Å². The summed E-state index contributed by atoms with van der Waals surface area (Å²) in [5.74, 6) is 0.0604. The highest BCUT2D eigenvalue weighted by Gasteiger charge is 2.25. The van der Waals surface area contributed by atoms with E-state index in [9.17, 15) is 4.79 Å². The monoisotopic (exact) mass is 433 g/mol. The number of aromatic nitrogens is 1. The van der Waals surface area contributed by atoms with E-state index in [0.717, 1.165) is 50.8 Å². The van der Waals surface area contributed by atoms with Crippen molar-refractivity contribution in [3.8, 4) is 10.6 Å². The second kappa shape index (κ2) is 8.09. The Bertz CT molecular complexity index is 1200. The zero-order valence-corrected chi connectivity index (χ0v) is 17.9. The molecule has 1 fully saturated rings. The first kappa shape index (κ1) is 19.1. The van der Waals surface area contributed by atoms with Crippen LogP contribution < -0.4 is 4.90 Å². The molecule has 3 heterocycles. The van der Waals surface area contributed by atoms with Gasteiger partial charge in [-0.15, -0.1) is 11.3 Å². The maximum absolute atomic E-state index is 13.5. The predicted molar refractivity (Wildman–Crippen MR) is 125 cm³/mol. The van der Waals surface area contributed by atoms with Gasteiger partial charge in [0.05, 0.1) is 32.4 Å². The van der Waals surface area contributed by atoms with Crippen molar-refractivity contribution in [3.63, 3.8) is 0 Å². The highest BCUT2D eigenvalue weighted by atomic mass is 35.5. The van der Waals surface area contributed by atoms with Crippen molar-refractivity contribution in [1.82, 2.24) is 9.88 Å². The molecule has 150 valence electrons. The van der Waals surface area contributed by atoms with Crippen molar-refractivity contribution in [2.75, 3.05) is 31.1 Å². The van der Waals surface area contributed by atoms with Gasteiger partial charge in [0.25, 0.3) is 5.91 Å². The number of hydrogen-bond acceptors (Lipinski definition) is 4. The van der Waals surface area contributed by atoms with Crippen LogP contribution in [0.15, 0.2) is 72.1 Å². The zero-order valence-electron chi connectivity index (χ0n) is 16.3. The van der Waals surface area contributed by atoms with Crippen molar-refractivity contribution in [1.29, 1.82) is 0 Å². The molecular weight excluding hydrogens is 414 g/mol. The van der Waals surface area contributed by atoms with Crippen molar-refractivity contribution in [2.45, 2.75) is 0 Å². The average molecular weight is 434 g/mol. The summed E-state index contributed by atoms with van der Waals surface area (Å²) >= 11 is 7.99. The highest BCUT2D eigenvalue weighted by Crippen LogP contribution is 2.30. The molecule has 5 rings (SSSR count). The van der Waals surface area contributed by atoms with Crippen molar-refractivity contribution in [3.05, 3.63) is 82.7 Å². The average Bonchev–Trinajstić information content (AvgIpc) is 3.33. The van der Waals surface area contributed by atoms with Crippen LogP contribution >= 0.6 is 22.9 Å². The van der Waals surface area contributed by atoms with Crippen molar-refractivity contribution < 1.29 is 4.79 Å². The summed E-state index contributed by atoms with van der Waals surface area (Å²) in [6, 6.07) is 21.7. The van der Waals surface area contributed by atoms with E-state index >= 15 is 0 Å². The highest BCUT2D eigenvalue weighted by molar-refractivity contribution is 7.13. The van der Waals surface area contributed by atoms with E-state index in [-0.39, 0.29) is 5.91 Å². The zero-order chi connectivity index (χ0) is 20.5. The number of rotatable bonds is 3. The molecule has 0 saturated carbocycles. The topological polar surface area (TPSA) is 36.4 Å². The lowest BCUT2D eigenvalue weighted by Crippen LogP contribution is -2.49. The number of fused-ring (bicyclic) bond motifs is 1. The first-order valence-corrected chi connectivity index (χ1v) is 11.2. The Hall–Kier alpha value is -2.89. The molecule has 0 spiro atoms. The summed E-state index contributed by atoms with van der Waals surface area (Å²) in [5, 5.41) is 3.68. The molecule has 1 aliphatic rings. The summed E-state index contributed by atoms with van der Waals surface area (Å²) in [4.78, 5) is 23.5. The van der Waals surface area contributed by atoms with Gasteiger partial charge in [-0.3, -0.25) is 4.79 Å². The molecule has 0 bridgehead atoms. The molecule has 0 aliphatic carbocycles. The van der Waals surface area contributed by atoms with Crippen LogP contribution in [0.25, 0.3) is 21.5 Å². The summed E-state index contributed by atoms with van der Waals surface area (Å²) < 4.78 is 0. The minimum Gasteiger partial charge on any atom is -0.367 e. The Labute approximate surface area is 184 Å². The minimum absolute atomic E-state index is 0.0604. The largest absolute Gasteiger partial charge is 0.367 e. The molecule has 6 heteroatoms. The first-order valence-electron chi connectivity index (χ1n) is 9.93. The van der Waals surface area contributed by atoms with Gasteiger partial charge in [-0.1, -0.05) is 48.0 Å². The van der Waals surface area contributed by atoms with E-state index in [4.69, 9.17) is 16.6 Å². The molecule has 2 aromatic carbocycles. The van der Waals surface area contributed by atoms with Crippen LogP contribution in [0.4, 0.5) is 5.69 Å². The SMILES string of the molecule is O=C(c1cc(-c2cccs2)nc2ccccc12)N1CCN(c2ccccc2Cl)CC1. The van der Waals surface area contributed by atoms with Gasteiger partial charge in [-0.2, -0.15) is 0 Å². The van der Waals surface area contributed by atoms with Crippen LogP contribution in [0, 0.1) is 0 Å². The number of para-hydroxylation sites is 2. The standard InChI is InChI=1S/C24H20ClN3OS/c25-19-7-2-4-9-22(19)27-11-13-28(14-12-27)24(29)18-16-21(23-10-5-15-30-23)26-20-8-3-1-6-17(18)20/h1-10,15-16H,11-14H2. The fourth-order valence-electron chi connectivity index (χ4n) is 3.93. The lowest BCUT2D eigenvalue weighted by atomic mass is 10.1. The number of nitrogens with zero attached hydrogens (tertiary/aromatic N) is 3. The lowest BCUT2D eigenvalue weighted by molar-refractivity contribution is 0.0749. The van der Waals surface area contributed by atoms with Gasteiger partial charge < -0.3 is 9.80 Å². The molecule has 1 saturated heterocycles. The third-order valence-electron chi connectivity index (χ3n) is 5.48. The second-order valence-corrected chi connectivity index (χ2v) is 8.64. The maximum atomic E-state index is 13.5. The van der Waals surface area contributed by atoms with Crippen LogP contribution in [0.1, 0.15) is 10.4 Å². The van der Waals surface area contributed by atoms with Gasteiger partial charge in [0.2, 0.25) is 0 Å². The number of carbonyl (C=O) groups is 1. The summed E-state index contributed by atoms with van der Waals surface area (Å²) in [6.07, 6.45) is 0. The quantitative estimate of drug-likeness (QED) is 0.423. The molecule has 0 N–H and O–H groups in total. The molecule has 0 unspecified atom stereocenters. The smallest absolute Gasteiger partial charge is 0.254 e. The fourth-order valence-corrected chi connectivity index (χ4v) is 4.87. The summed E-state index contributed by atoms with van der Waals surface area (Å²) in [6.45, 7) is 2.84. The number of anilines is 1. The normalized spacial score (nSPS) is 14.3. The first-order chi connectivity index (χ1) is 14.7. The van der Waals surface area contributed by atoms with E-state index in [2.05, 4.69) is 4.90 Å². The van der Waals surface area contributed by atoms with Gasteiger partial charge >= 0.3 is 0 Å². The molecular formula is C24H20ClN3OS. The fraction of sp³-hybridized carbons (Fsp3) is 0.167. The third-order valence-corrected chi connectivity index (χ3v) is 6.69. The van der Waals surface area contributed by atoms with Crippen molar-refractivity contribution >= 4 is 45.4 Å². The van der Waals surface area contributed by atoms with Crippen LogP contribution in [-0.2, 0) is 0 Å². The number of pyridine rings is 1. The van der Waals surface area contributed by atoms with E-state index in [1.807, 2.05) is 77.0 Å². The Morgan fingerprint density at radius 2 is 1.70 bits per heavy atom. The molecule has 30 heavy (non-hydrogen) atoms. The molecule has 4 nitrogen and oxygen atoms in total. The Morgan fingerprint density at radius 3 is 2.47 bits per heavy atom. The van der Waals surface area contributed by atoms with E-state index in [1.54, 1.807) is 11.3 Å². The Morgan fingerprint density at radius 1 is 0.933 bits per heavy atom. The summed E-state index contributed by atoms with van der Waals surface area (Å²) in [7, 11) is 0. The second-order valence-electron chi connectivity index (χ2n) is 7.28. The number of thiophene rings is 1. The molecule has 2 aromatic heterocycles. The molecule has 0 radical (unpaired) electrons. The van der Waals surface area contributed by atoms with Gasteiger partial charge in [-0.25, -0.2) is 4.98 Å². The van der Waals surface area contributed by atoms with Gasteiger partial charge in [0.1, 0.15) is 0 Å². The number of hydrogen-bond donors (Lipinski definition) is 0. The van der Waals surface area contributed by atoms with Gasteiger partial charge in [0, 0.05) is 31.6 Å². The van der Waals surface area contributed by atoms with Crippen LogP contribution in [-0.4, -0.2) is 42.0 Å². The molecule has 0 atom stereocenters. The maximum Gasteiger partial charge on any atom is 0.254 e.